The van der Waals surface area contributed by atoms with Crippen LogP contribution in [-0.2, 0) is 16.6 Å². The largest absolute Gasteiger partial charge is 0.494 e. The lowest BCUT2D eigenvalue weighted by Gasteiger charge is -2.42. The third-order valence-corrected chi connectivity index (χ3v) is 8.34. The second-order valence-electron chi connectivity index (χ2n) is 10.9. The number of carbonyl (C=O) groups is 1. The van der Waals surface area contributed by atoms with Gasteiger partial charge in [0.1, 0.15) is 17.9 Å². The number of nitrogens with zero attached hydrogens (tertiary/aromatic N) is 6. The van der Waals surface area contributed by atoms with Gasteiger partial charge in [-0.1, -0.05) is 12.7 Å². The number of fused-ring (bicyclic) bond motifs is 1. The number of methoxy groups -OCH3 is 1. The number of anilines is 4. The topological polar surface area (TPSA) is 110 Å². The van der Waals surface area contributed by atoms with Crippen LogP contribution in [0.4, 0.5) is 22.9 Å². The minimum absolute atomic E-state index is 0.273. The Hall–Kier alpha value is -4.48. The van der Waals surface area contributed by atoms with E-state index >= 15 is 0 Å². The molecule has 224 valence electrons. The second-order valence-corrected chi connectivity index (χ2v) is 10.9. The average molecular weight is 583 g/mol. The van der Waals surface area contributed by atoms with Crippen molar-refractivity contribution in [3.8, 4) is 5.75 Å². The molecule has 11 nitrogen and oxygen atoms in total. The number of rotatable bonds is 8. The predicted octanol–water partition coefficient (Wildman–Crippen LogP) is 4.35. The standard InChI is InChI=1S/C32H38N8O3/c1-4-32(41)37-26-17-27(30(42-3)19-29(26)40-12-10-39(11-13-40)24-8-14-43-15-9-24)36-31-18-25(33-21-34-31)22-6-5-7-28-23(16-22)20-35-38(28)2/h4-5,7,16-21,24H,1,6,8-15H2,2-3H3,(H,37,41)(H,33,34,36). The molecule has 2 aliphatic heterocycles. The van der Waals surface area contributed by atoms with Crippen molar-refractivity contribution in [2.75, 3.05) is 62.0 Å². The highest BCUT2D eigenvalue weighted by Crippen LogP contribution is 2.39. The fourth-order valence-corrected chi connectivity index (χ4v) is 6.00. The van der Waals surface area contributed by atoms with Crippen LogP contribution < -0.4 is 20.3 Å². The zero-order valence-electron chi connectivity index (χ0n) is 24.8. The van der Waals surface area contributed by atoms with Crippen molar-refractivity contribution in [3.63, 3.8) is 0 Å². The fraction of sp³-hybridized carbons (Fsp3) is 0.375. The van der Waals surface area contributed by atoms with Gasteiger partial charge < -0.3 is 25.0 Å². The Morgan fingerprint density at radius 1 is 1.12 bits per heavy atom. The van der Waals surface area contributed by atoms with Crippen molar-refractivity contribution in [2.45, 2.75) is 25.3 Å². The third kappa shape index (κ3) is 6.32. The van der Waals surface area contributed by atoms with E-state index in [1.165, 1.54) is 6.08 Å². The first-order valence-corrected chi connectivity index (χ1v) is 14.7. The number of aromatic nitrogens is 4. The predicted molar refractivity (Wildman–Crippen MR) is 169 cm³/mol. The summed E-state index contributed by atoms with van der Waals surface area (Å²) in [7, 11) is 3.58. The molecule has 3 aromatic rings. The van der Waals surface area contributed by atoms with Crippen LogP contribution in [0.1, 0.15) is 36.2 Å². The number of ether oxygens (including phenoxy) is 2. The number of benzene rings is 1. The van der Waals surface area contributed by atoms with Gasteiger partial charge in [-0.25, -0.2) is 9.97 Å². The lowest BCUT2D eigenvalue weighted by atomic mass is 10.1. The summed E-state index contributed by atoms with van der Waals surface area (Å²) in [6.07, 6.45) is 13.9. The number of carbonyl (C=O) groups excluding carboxylic acids is 1. The SMILES string of the molecule is C=CC(=O)Nc1cc(Nc2cc(C3=Cc4cnn(C)c4C=CC3)ncn2)c(OC)cc1N1CCN(C2CCOCC2)CC1. The molecule has 0 spiro atoms. The third-order valence-electron chi connectivity index (χ3n) is 8.34. The van der Waals surface area contributed by atoms with Crippen molar-refractivity contribution in [3.05, 3.63) is 66.4 Å². The van der Waals surface area contributed by atoms with Crippen LogP contribution in [0, 0.1) is 0 Å². The molecule has 2 aromatic heterocycles. The maximum atomic E-state index is 12.5. The van der Waals surface area contributed by atoms with E-state index in [-0.39, 0.29) is 5.91 Å². The van der Waals surface area contributed by atoms with E-state index in [0.717, 1.165) is 86.9 Å². The van der Waals surface area contributed by atoms with Gasteiger partial charge in [0, 0.05) is 70.2 Å². The van der Waals surface area contributed by atoms with Crippen molar-refractivity contribution in [1.29, 1.82) is 0 Å². The molecule has 1 amide bonds. The highest BCUT2D eigenvalue weighted by atomic mass is 16.5. The Kier molecular flexibility index (Phi) is 8.52. The van der Waals surface area contributed by atoms with E-state index in [4.69, 9.17) is 9.47 Å². The van der Waals surface area contributed by atoms with Crippen LogP contribution in [0.15, 0.2) is 49.5 Å². The van der Waals surface area contributed by atoms with Crippen LogP contribution in [0.2, 0.25) is 0 Å². The van der Waals surface area contributed by atoms with Gasteiger partial charge in [-0.15, -0.1) is 0 Å². The first-order valence-electron chi connectivity index (χ1n) is 14.7. The summed E-state index contributed by atoms with van der Waals surface area (Å²) in [5, 5.41) is 10.8. The normalized spacial score (nSPS) is 17.5. The summed E-state index contributed by atoms with van der Waals surface area (Å²) in [6.45, 7) is 8.93. The highest BCUT2D eigenvalue weighted by Gasteiger charge is 2.27. The van der Waals surface area contributed by atoms with Crippen molar-refractivity contribution >= 4 is 46.5 Å². The molecule has 11 heteroatoms. The van der Waals surface area contributed by atoms with Gasteiger partial charge in [-0.3, -0.25) is 14.4 Å². The molecule has 2 saturated heterocycles. The Morgan fingerprint density at radius 3 is 2.70 bits per heavy atom. The molecule has 2 fully saturated rings. The Morgan fingerprint density at radius 2 is 1.93 bits per heavy atom. The Labute approximate surface area is 251 Å². The number of aryl methyl sites for hydroxylation is 1. The maximum Gasteiger partial charge on any atom is 0.247 e. The summed E-state index contributed by atoms with van der Waals surface area (Å²) in [5.41, 5.74) is 6.27. The number of hydrogen-bond acceptors (Lipinski definition) is 9. The molecule has 0 saturated carbocycles. The van der Waals surface area contributed by atoms with Gasteiger partial charge in [-0.05, 0) is 49.1 Å². The van der Waals surface area contributed by atoms with Crippen molar-refractivity contribution in [2.24, 2.45) is 7.05 Å². The lowest BCUT2D eigenvalue weighted by molar-refractivity contribution is -0.111. The van der Waals surface area contributed by atoms with Crippen LogP contribution in [0.25, 0.3) is 17.7 Å². The molecule has 2 N–H and O–H groups in total. The van der Waals surface area contributed by atoms with E-state index in [9.17, 15) is 4.79 Å². The second kappa shape index (κ2) is 12.8. The van der Waals surface area contributed by atoms with Gasteiger partial charge in [0.05, 0.1) is 41.8 Å². The van der Waals surface area contributed by atoms with Crippen LogP contribution in [0.5, 0.6) is 5.75 Å². The summed E-state index contributed by atoms with van der Waals surface area (Å²) in [4.78, 5) is 26.4. The molecule has 1 aliphatic carbocycles. The van der Waals surface area contributed by atoms with Crippen molar-refractivity contribution in [1.82, 2.24) is 24.6 Å². The number of allylic oxidation sites excluding steroid dienone is 2. The quantitative estimate of drug-likeness (QED) is 0.375. The van der Waals surface area contributed by atoms with Gasteiger partial charge in [0.25, 0.3) is 0 Å². The van der Waals surface area contributed by atoms with Crippen LogP contribution in [0.3, 0.4) is 0 Å². The first kappa shape index (κ1) is 28.6. The number of nitrogens with one attached hydrogen (secondary N) is 2. The number of hydrogen-bond donors (Lipinski definition) is 2. The Bertz CT molecular complexity index is 1550. The molecule has 0 radical (unpaired) electrons. The smallest absolute Gasteiger partial charge is 0.247 e. The molecular formula is C32H38N8O3. The summed E-state index contributed by atoms with van der Waals surface area (Å²) >= 11 is 0. The van der Waals surface area contributed by atoms with E-state index < -0.39 is 0 Å². The summed E-state index contributed by atoms with van der Waals surface area (Å²) < 4.78 is 13.3. The van der Waals surface area contributed by atoms with E-state index in [1.54, 1.807) is 13.4 Å². The zero-order valence-corrected chi connectivity index (χ0v) is 24.8. The lowest BCUT2D eigenvalue weighted by Crippen LogP contribution is -2.51. The molecule has 3 aliphatic rings. The van der Waals surface area contributed by atoms with Crippen LogP contribution >= 0.6 is 0 Å². The molecule has 0 unspecified atom stereocenters. The van der Waals surface area contributed by atoms with Crippen LogP contribution in [-0.4, -0.2) is 83.1 Å². The van der Waals surface area contributed by atoms with E-state index in [2.05, 4.69) is 60.3 Å². The number of amides is 1. The molecular weight excluding hydrogens is 544 g/mol. The molecule has 0 bridgehead atoms. The maximum absolute atomic E-state index is 12.5. The van der Waals surface area contributed by atoms with E-state index in [0.29, 0.717) is 29.0 Å². The molecule has 1 aromatic carbocycles. The van der Waals surface area contributed by atoms with E-state index in [1.807, 2.05) is 36.1 Å². The molecule has 4 heterocycles. The molecule has 43 heavy (non-hydrogen) atoms. The van der Waals surface area contributed by atoms with Gasteiger partial charge in [-0.2, -0.15) is 5.10 Å². The molecule has 6 rings (SSSR count). The summed E-state index contributed by atoms with van der Waals surface area (Å²) in [6, 6.07) is 6.38. The van der Waals surface area contributed by atoms with Gasteiger partial charge in [0.15, 0.2) is 0 Å². The first-order chi connectivity index (χ1) is 21.0. The minimum Gasteiger partial charge on any atom is -0.494 e. The average Bonchev–Trinajstić information content (AvgIpc) is 3.25. The Balaban J connectivity index is 1.25. The monoisotopic (exact) mass is 582 g/mol. The zero-order chi connectivity index (χ0) is 29.8. The molecule has 0 atom stereocenters. The van der Waals surface area contributed by atoms with Crippen molar-refractivity contribution < 1.29 is 14.3 Å². The minimum atomic E-state index is -0.273. The van der Waals surface area contributed by atoms with Gasteiger partial charge in [0.2, 0.25) is 5.91 Å². The van der Waals surface area contributed by atoms with Gasteiger partial charge >= 0.3 is 0 Å². The summed E-state index contributed by atoms with van der Waals surface area (Å²) in [5.74, 6) is 0.989. The number of piperazine rings is 1. The highest BCUT2D eigenvalue weighted by molar-refractivity contribution is 6.02. The fourth-order valence-electron chi connectivity index (χ4n) is 6.00.